The number of hydrogen-bond donors (Lipinski definition) is 1. The first kappa shape index (κ1) is 16.1. The predicted molar refractivity (Wildman–Crippen MR) is 99.2 cm³/mol. The Bertz CT molecular complexity index is 917. The highest BCUT2D eigenvalue weighted by Gasteiger charge is 2.12. The number of rotatable bonds is 3. The zero-order valence-corrected chi connectivity index (χ0v) is 14.7. The van der Waals surface area contributed by atoms with Crippen LogP contribution < -0.4 is 9.64 Å². The SMILES string of the molecule is COc1cc(O)ccc1-c1cc(C)c2cc(N(C)C)c(C)cc2n1. The van der Waals surface area contributed by atoms with E-state index in [1.807, 2.05) is 20.2 Å². The molecule has 0 radical (unpaired) electrons. The Morgan fingerprint density at radius 2 is 1.75 bits per heavy atom. The van der Waals surface area contributed by atoms with Gasteiger partial charge in [0.1, 0.15) is 11.5 Å². The first-order chi connectivity index (χ1) is 11.4. The zero-order valence-electron chi connectivity index (χ0n) is 14.7. The number of aromatic nitrogens is 1. The minimum absolute atomic E-state index is 0.180. The van der Waals surface area contributed by atoms with Gasteiger partial charge in [-0.3, -0.25) is 0 Å². The maximum Gasteiger partial charge on any atom is 0.131 e. The predicted octanol–water partition coefficient (Wildman–Crippen LogP) is 4.30. The zero-order chi connectivity index (χ0) is 17.4. The number of anilines is 1. The highest BCUT2D eigenvalue weighted by atomic mass is 16.5. The molecule has 0 aliphatic heterocycles. The molecule has 1 heterocycles. The lowest BCUT2D eigenvalue weighted by Gasteiger charge is -2.18. The maximum absolute atomic E-state index is 9.66. The summed E-state index contributed by atoms with van der Waals surface area (Å²) in [6.07, 6.45) is 0. The molecule has 4 heteroatoms. The second kappa shape index (κ2) is 6.04. The van der Waals surface area contributed by atoms with E-state index in [1.165, 1.54) is 11.3 Å². The summed E-state index contributed by atoms with van der Waals surface area (Å²) in [6, 6.07) is 11.5. The Kier molecular flexibility index (Phi) is 4.06. The molecule has 0 fully saturated rings. The van der Waals surface area contributed by atoms with Gasteiger partial charge in [0, 0.05) is 36.8 Å². The number of ether oxygens (including phenoxy) is 1. The van der Waals surface area contributed by atoms with Gasteiger partial charge in [0.2, 0.25) is 0 Å². The Labute approximate surface area is 142 Å². The molecule has 0 unspecified atom stereocenters. The normalized spacial score (nSPS) is 10.9. The topological polar surface area (TPSA) is 45.6 Å². The Morgan fingerprint density at radius 3 is 2.42 bits per heavy atom. The third-order valence-electron chi connectivity index (χ3n) is 4.28. The van der Waals surface area contributed by atoms with Crippen molar-refractivity contribution in [2.45, 2.75) is 13.8 Å². The average molecular weight is 322 g/mol. The van der Waals surface area contributed by atoms with Gasteiger partial charge >= 0.3 is 0 Å². The number of nitrogens with zero attached hydrogens (tertiary/aromatic N) is 2. The standard InChI is InChI=1S/C20H22N2O2/c1-12-8-17(15-7-6-14(23)10-20(15)24-5)21-18-9-13(2)19(22(3)4)11-16(12)18/h6-11,23H,1-5H3. The quantitative estimate of drug-likeness (QED) is 0.781. The molecule has 4 nitrogen and oxygen atoms in total. The summed E-state index contributed by atoms with van der Waals surface area (Å²) in [5.41, 5.74) is 6.22. The molecule has 0 spiro atoms. The third kappa shape index (κ3) is 2.75. The highest BCUT2D eigenvalue weighted by Crippen LogP contribution is 2.35. The number of phenolic OH excluding ortho intramolecular Hbond substituents is 1. The van der Waals surface area contributed by atoms with Crippen molar-refractivity contribution in [3.63, 3.8) is 0 Å². The van der Waals surface area contributed by atoms with E-state index in [1.54, 1.807) is 19.2 Å². The van der Waals surface area contributed by atoms with Gasteiger partial charge in [-0.25, -0.2) is 4.98 Å². The van der Waals surface area contributed by atoms with Crippen LogP contribution in [0.2, 0.25) is 0 Å². The van der Waals surface area contributed by atoms with Crippen LogP contribution in [0.4, 0.5) is 5.69 Å². The van der Waals surface area contributed by atoms with Gasteiger partial charge < -0.3 is 14.7 Å². The summed E-state index contributed by atoms with van der Waals surface area (Å²) in [6.45, 7) is 4.19. The molecule has 0 aliphatic carbocycles. The molecule has 24 heavy (non-hydrogen) atoms. The van der Waals surface area contributed by atoms with Gasteiger partial charge in [-0.2, -0.15) is 0 Å². The number of benzene rings is 2. The number of aromatic hydroxyl groups is 1. The molecular weight excluding hydrogens is 300 g/mol. The molecule has 0 saturated carbocycles. The van der Waals surface area contributed by atoms with Crippen LogP contribution in [-0.4, -0.2) is 31.3 Å². The van der Waals surface area contributed by atoms with Crippen LogP contribution in [0.3, 0.4) is 0 Å². The molecule has 3 rings (SSSR count). The van der Waals surface area contributed by atoms with Crippen LogP contribution >= 0.6 is 0 Å². The second-order valence-corrected chi connectivity index (χ2v) is 6.26. The number of hydrogen-bond acceptors (Lipinski definition) is 4. The molecule has 2 aromatic carbocycles. The van der Waals surface area contributed by atoms with Crippen molar-refractivity contribution in [3.05, 3.63) is 47.5 Å². The average Bonchev–Trinajstić information content (AvgIpc) is 2.53. The number of fused-ring (bicyclic) bond motifs is 1. The molecule has 0 aliphatic rings. The van der Waals surface area contributed by atoms with E-state index in [4.69, 9.17) is 9.72 Å². The Balaban J connectivity index is 2.24. The number of methoxy groups -OCH3 is 1. The van der Waals surface area contributed by atoms with Gasteiger partial charge in [0.25, 0.3) is 0 Å². The summed E-state index contributed by atoms with van der Waals surface area (Å²) in [5.74, 6) is 0.794. The van der Waals surface area contributed by atoms with Crippen LogP contribution in [0.1, 0.15) is 11.1 Å². The second-order valence-electron chi connectivity index (χ2n) is 6.26. The van der Waals surface area contributed by atoms with Crippen molar-refractivity contribution in [2.24, 2.45) is 0 Å². The van der Waals surface area contributed by atoms with E-state index in [9.17, 15) is 5.11 Å². The maximum atomic E-state index is 9.66. The summed E-state index contributed by atoms with van der Waals surface area (Å²) in [5, 5.41) is 10.8. The summed E-state index contributed by atoms with van der Waals surface area (Å²) >= 11 is 0. The molecule has 1 aromatic heterocycles. The van der Waals surface area contributed by atoms with Gasteiger partial charge in [0.05, 0.1) is 18.3 Å². The van der Waals surface area contributed by atoms with Gasteiger partial charge in [-0.05, 0) is 55.3 Å². The molecule has 124 valence electrons. The van der Waals surface area contributed by atoms with E-state index in [0.29, 0.717) is 5.75 Å². The lowest BCUT2D eigenvalue weighted by molar-refractivity contribution is 0.409. The van der Waals surface area contributed by atoms with Crippen LogP contribution in [0, 0.1) is 13.8 Å². The fourth-order valence-corrected chi connectivity index (χ4v) is 3.05. The van der Waals surface area contributed by atoms with Crippen LogP contribution in [0.15, 0.2) is 36.4 Å². The van der Waals surface area contributed by atoms with Crippen molar-refractivity contribution >= 4 is 16.6 Å². The van der Waals surface area contributed by atoms with E-state index in [0.717, 1.165) is 27.7 Å². The lowest BCUT2D eigenvalue weighted by Crippen LogP contribution is -2.10. The van der Waals surface area contributed by atoms with Crippen molar-refractivity contribution in [1.82, 2.24) is 4.98 Å². The van der Waals surface area contributed by atoms with Crippen molar-refractivity contribution in [2.75, 3.05) is 26.1 Å². The van der Waals surface area contributed by atoms with Gasteiger partial charge in [-0.15, -0.1) is 0 Å². The van der Waals surface area contributed by atoms with E-state index < -0.39 is 0 Å². The first-order valence-corrected chi connectivity index (χ1v) is 7.87. The summed E-state index contributed by atoms with van der Waals surface area (Å²) in [7, 11) is 5.69. The van der Waals surface area contributed by atoms with Crippen LogP contribution in [0.25, 0.3) is 22.2 Å². The molecule has 0 atom stereocenters. The lowest BCUT2D eigenvalue weighted by atomic mass is 10.0. The number of aryl methyl sites for hydroxylation is 2. The van der Waals surface area contributed by atoms with Gasteiger partial charge in [-0.1, -0.05) is 0 Å². The van der Waals surface area contributed by atoms with Crippen molar-refractivity contribution in [3.8, 4) is 22.8 Å². The smallest absolute Gasteiger partial charge is 0.131 e. The fraction of sp³-hybridized carbons (Fsp3) is 0.250. The molecule has 0 amide bonds. The molecular formula is C20H22N2O2. The Hall–Kier alpha value is -2.75. The summed E-state index contributed by atoms with van der Waals surface area (Å²) in [4.78, 5) is 6.94. The molecule has 1 N–H and O–H groups in total. The molecule has 0 saturated heterocycles. The molecule has 3 aromatic rings. The summed E-state index contributed by atoms with van der Waals surface area (Å²) < 4.78 is 5.40. The van der Waals surface area contributed by atoms with E-state index >= 15 is 0 Å². The van der Waals surface area contributed by atoms with E-state index in [-0.39, 0.29) is 5.75 Å². The number of pyridine rings is 1. The minimum Gasteiger partial charge on any atom is -0.508 e. The minimum atomic E-state index is 0.180. The molecule has 0 bridgehead atoms. The largest absolute Gasteiger partial charge is 0.508 e. The third-order valence-corrected chi connectivity index (χ3v) is 4.28. The fourth-order valence-electron chi connectivity index (χ4n) is 3.05. The van der Waals surface area contributed by atoms with Crippen LogP contribution in [-0.2, 0) is 0 Å². The van der Waals surface area contributed by atoms with E-state index in [2.05, 4.69) is 36.9 Å². The van der Waals surface area contributed by atoms with Crippen LogP contribution in [0.5, 0.6) is 11.5 Å². The first-order valence-electron chi connectivity index (χ1n) is 7.87. The monoisotopic (exact) mass is 322 g/mol. The van der Waals surface area contributed by atoms with Gasteiger partial charge in [0.15, 0.2) is 0 Å². The van der Waals surface area contributed by atoms with Crippen molar-refractivity contribution < 1.29 is 9.84 Å². The van der Waals surface area contributed by atoms with Crippen molar-refractivity contribution in [1.29, 1.82) is 0 Å². The Morgan fingerprint density at radius 1 is 1.00 bits per heavy atom. The number of phenols is 1. The highest BCUT2D eigenvalue weighted by molar-refractivity contribution is 5.89.